The Kier molecular flexibility index (Phi) is 5.27. The lowest BCUT2D eigenvalue weighted by molar-refractivity contribution is -0.139. The number of pyridine rings is 1. The van der Waals surface area contributed by atoms with Gasteiger partial charge in [0.25, 0.3) is 6.43 Å². The van der Waals surface area contributed by atoms with Gasteiger partial charge in [-0.15, -0.1) is 11.6 Å². The molecule has 0 N–H and O–H groups in total. The van der Waals surface area contributed by atoms with Crippen LogP contribution in [0.1, 0.15) is 23.4 Å². The molecule has 0 unspecified atom stereocenters. The topological polar surface area (TPSA) is 48.4 Å². The highest BCUT2D eigenvalue weighted by molar-refractivity contribution is 6.17. The van der Waals surface area contributed by atoms with E-state index in [1.807, 2.05) is 0 Å². The zero-order valence-corrected chi connectivity index (χ0v) is 10.6. The minimum atomic E-state index is -2.76. The average Bonchev–Trinajstić information content (AvgIpc) is 2.37. The van der Waals surface area contributed by atoms with Gasteiger partial charge in [-0.05, 0) is 11.6 Å². The number of aromatic nitrogens is 1. The number of esters is 1. The SMILES string of the molecule is COC(=O)Cc1nc(C(F)F)c(CCl)cc1OC. The molecule has 0 aliphatic carbocycles. The molecule has 0 aliphatic rings. The fourth-order valence-electron chi connectivity index (χ4n) is 1.40. The molecule has 100 valence electrons. The number of rotatable bonds is 5. The number of hydrogen-bond acceptors (Lipinski definition) is 4. The van der Waals surface area contributed by atoms with E-state index in [1.54, 1.807) is 0 Å². The summed E-state index contributed by atoms with van der Waals surface area (Å²) in [7, 11) is 2.56. The van der Waals surface area contributed by atoms with Gasteiger partial charge in [-0.2, -0.15) is 0 Å². The lowest BCUT2D eigenvalue weighted by Gasteiger charge is -2.12. The molecule has 0 amide bonds. The number of hydrogen-bond donors (Lipinski definition) is 0. The summed E-state index contributed by atoms with van der Waals surface area (Å²) in [6, 6.07) is 1.36. The number of methoxy groups -OCH3 is 2. The second-order valence-electron chi connectivity index (χ2n) is 3.37. The van der Waals surface area contributed by atoms with Gasteiger partial charge in [-0.25, -0.2) is 13.8 Å². The van der Waals surface area contributed by atoms with Crippen molar-refractivity contribution in [1.82, 2.24) is 4.98 Å². The van der Waals surface area contributed by atoms with E-state index in [4.69, 9.17) is 16.3 Å². The molecule has 0 saturated carbocycles. The van der Waals surface area contributed by atoms with Crippen molar-refractivity contribution in [3.05, 3.63) is 23.0 Å². The Morgan fingerprint density at radius 2 is 2.17 bits per heavy atom. The monoisotopic (exact) mass is 279 g/mol. The molecule has 0 aliphatic heterocycles. The Morgan fingerprint density at radius 3 is 2.61 bits per heavy atom. The van der Waals surface area contributed by atoms with Crippen LogP contribution in [0.15, 0.2) is 6.07 Å². The summed E-state index contributed by atoms with van der Waals surface area (Å²) in [5.74, 6) is -0.457. The lowest BCUT2D eigenvalue weighted by atomic mass is 10.1. The summed E-state index contributed by atoms with van der Waals surface area (Å²) >= 11 is 5.57. The van der Waals surface area contributed by atoms with Crippen LogP contribution in [0, 0.1) is 0 Å². The van der Waals surface area contributed by atoms with Crippen LogP contribution in [0.4, 0.5) is 8.78 Å². The maximum atomic E-state index is 12.8. The largest absolute Gasteiger partial charge is 0.495 e. The van der Waals surface area contributed by atoms with Crippen molar-refractivity contribution in [2.45, 2.75) is 18.7 Å². The summed E-state index contributed by atoms with van der Waals surface area (Å²) in [4.78, 5) is 14.9. The van der Waals surface area contributed by atoms with Gasteiger partial charge in [0.1, 0.15) is 11.4 Å². The van der Waals surface area contributed by atoms with Crippen LogP contribution < -0.4 is 4.74 Å². The Morgan fingerprint density at radius 1 is 1.50 bits per heavy atom. The summed E-state index contributed by atoms with van der Waals surface area (Å²) in [5.41, 5.74) is -0.157. The van der Waals surface area contributed by atoms with Crippen molar-refractivity contribution >= 4 is 17.6 Å². The van der Waals surface area contributed by atoms with Gasteiger partial charge in [0.15, 0.2) is 0 Å². The summed E-state index contributed by atoms with van der Waals surface area (Å²) < 4.78 is 35.0. The molecule has 7 heteroatoms. The third-order valence-electron chi connectivity index (χ3n) is 2.28. The molecule has 0 bridgehead atoms. The molecule has 0 fully saturated rings. The van der Waals surface area contributed by atoms with Crippen molar-refractivity contribution in [3.63, 3.8) is 0 Å². The Bertz CT molecular complexity index is 441. The normalized spacial score (nSPS) is 10.6. The fourth-order valence-corrected chi connectivity index (χ4v) is 1.61. The van der Waals surface area contributed by atoms with E-state index in [-0.39, 0.29) is 29.3 Å². The number of halogens is 3. The highest BCUT2D eigenvalue weighted by Gasteiger charge is 2.20. The van der Waals surface area contributed by atoms with Gasteiger partial charge in [-0.1, -0.05) is 0 Å². The predicted octanol–water partition coefficient (Wildman–Crippen LogP) is 2.48. The molecule has 0 saturated heterocycles. The van der Waals surface area contributed by atoms with Gasteiger partial charge in [0, 0.05) is 5.88 Å². The summed E-state index contributed by atoms with van der Waals surface area (Å²) in [6.07, 6.45) is -3.00. The Balaban J connectivity index is 3.22. The second-order valence-corrected chi connectivity index (χ2v) is 3.64. The highest BCUT2D eigenvalue weighted by atomic mass is 35.5. The quantitative estimate of drug-likeness (QED) is 0.614. The molecule has 0 atom stereocenters. The third kappa shape index (κ3) is 3.29. The molecule has 1 rings (SSSR count). The molecule has 1 aromatic rings. The second kappa shape index (κ2) is 6.49. The van der Waals surface area contributed by atoms with E-state index < -0.39 is 18.1 Å². The average molecular weight is 280 g/mol. The summed E-state index contributed by atoms with van der Waals surface area (Å²) in [5, 5.41) is 0. The number of carbonyl (C=O) groups is 1. The zero-order chi connectivity index (χ0) is 13.7. The number of ether oxygens (including phenoxy) is 2. The highest BCUT2D eigenvalue weighted by Crippen LogP contribution is 2.28. The van der Waals surface area contributed by atoms with E-state index in [0.717, 1.165) is 0 Å². The van der Waals surface area contributed by atoms with Crippen LogP contribution in [0.3, 0.4) is 0 Å². The van der Waals surface area contributed by atoms with E-state index in [0.29, 0.717) is 0 Å². The van der Waals surface area contributed by atoms with Crippen molar-refractivity contribution in [1.29, 1.82) is 0 Å². The standard InChI is InChI=1S/C11H12ClF2NO3/c1-17-8-3-6(5-12)10(11(13)14)15-7(8)4-9(16)18-2/h3,11H,4-5H2,1-2H3. The smallest absolute Gasteiger partial charge is 0.311 e. The number of nitrogens with zero attached hydrogens (tertiary/aromatic N) is 1. The molecule has 0 spiro atoms. The maximum Gasteiger partial charge on any atom is 0.311 e. The first-order valence-corrected chi connectivity index (χ1v) is 5.54. The molecule has 0 aromatic carbocycles. The maximum absolute atomic E-state index is 12.8. The predicted molar refractivity (Wildman–Crippen MR) is 61.0 cm³/mol. The van der Waals surface area contributed by atoms with Gasteiger partial charge in [0.2, 0.25) is 0 Å². The Labute approximate surface area is 108 Å². The van der Waals surface area contributed by atoms with Gasteiger partial charge in [-0.3, -0.25) is 4.79 Å². The first-order chi connectivity index (χ1) is 8.53. The van der Waals surface area contributed by atoms with Crippen LogP contribution in [-0.2, 0) is 21.8 Å². The van der Waals surface area contributed by atoms with Crippen LogP contribution >= 0.6 is 11.6 Å². The minimum absolute atomic E-state index is 0.105. The molecular weight excluding hydrogens is 268 g/mol. The van der Waals surface area contributed by atoms with Gasteiger partial charge in [0.05, 0.1) is 26.3 Å². The van der Waals surface area contributed by atoms with Gasteiger partial charge >= 0.3 is 5.97 Å². The third-order valence-corrected chi connectivity index (χ3v) is 2.57. The first kappa shape index (κ1) is 14.6. The molecule has 1 heterocycles. The molecule has 18 heavy (non-hydrogen) atoms. The van der Waals surface area contributed by atoms with Crippen LogP contribution in [-0.4, -0.2) is 25.2 Å². The molecule has 1 aromatic heterocycles. The van der Waals surface area contributed by atoms with E-state index in [2.05, 4.69) is 9.72 Å². The number of carbonyl (C=O) groups excluding carboxylic acids is 1. The minimum Gasteiger partial charge on any atom is -0.495 e. The van der Waals surface area contributed by atoms with Crippen molar-refractivity contribution < 1.29 is 23.0 Å². The molecule has 0 radical (unpaired) electrons. The van der Waals surface area contributed by atoms with Crippen molar-refractivity contribution in [2.75, 3.05) is 14.2 Å². The van der Waals surface area contributed by atoms with Crippen LogP contribution in [0.2, 0.25) is 0 Å². The zero-order valence-electron chi connectivity index (χ0n) is 9.87. The lowest BCUT2D eigenvalue weighted by Crippen LogP contribution is -2.10. The van der Waals surface area contributed by atoms with Crippen LogP contribution in [0.5, 0.6) is 5.75 Å². The van der Waals surface area contributed by atoms with E-state index in [1.165, 1.54) is 20.3 Å². The molecular formula is C11H12ClF2NO3. The van der Waals surface area contributed by atoms with E-state index >= 15 is 0 Å². The van der Waals surface area contributed by atoms with Crippen molar-refractivity contribution in [3.8, 4) is 5.75 Å². The fraction of sp³-hybridized carbons (Fsp3) is 0.455. The Hall–Kier alpha value is -1.43. The number of alkyl halides is 3. The summed E-state index contributed by atoms with van der Waals surface area (Å²) in [6.45, 7) is 0. The van der Waals surface area contributed by atoms with Crippen molar-refractivity contribution in [2.24, 2.45) is 0 Å². The van der Waals surface area contributed by atoms with Gasteiger partial charge < -0.3 is 9.47 Å². The van der Waals surface area contributed by atoms with Crippen LogP contribution in [0.25, 0.3) is 0 Å². The van der Waals surface area contributed by atoms with E-state index in [9.17, 15) is 13.6 Å². The molecule has 4 nitrogen and oxygen atoms in total. The first-order valence-electron chi connectivity index (χ1n) is 5.01.